The van der Waals surface area contributed by atoms with Crippen LogP contribution in [0.5, 0.6) is 0 Å². The first-order valence-corrected chi connectivity index (χ1v) is 10.7. The van der Waals surface area contributed by atoms with Crippen LogP contribution < -0.4 is 11.1 Å². The molecule has 5 aromatic rings. The van der Waals surface area contributed by atoms with Crippen LogP contribution in [-0.2, 0) is 6.42 Å². The van der Waals surface area contributed by atoms with Gasteiger partial charge in [-0.25, -0.2) is 0 Å². The fourth-order valence-electron chi connectivity index (χ4n) is 3.44. The molecule has 0 aliphatic carbocycles. The minimum Gasteiger partial charge on any atom is -0.396 e. The van der Waals surface area contributed by atoms with Crippen LogP contribution >= 0.6 is 23.2 Å². The molecule has 5 rings (SSSR count). The van der Waals surface area contributed by atoms with Gasteiger partial charge in [-0.1, -0.05) is 66.5 Å². The number of fused-ring (bicyclic) bond motifs is 2. The van der Waals surface area contributed by atoms with E-state index in [2.05, 4.69) is 52.7 Å². The molecular formula is C25H22Cl2N4. The number of hydrogen-bond donors (Lipinski definition) is 3. The van der Waals surface area contributed by atoms with Gasteiger partial charge in [0.05, 0.1) is 21.2 Å². The Kier molecular flexibility index (Phi) is 6.31. The number of para-hydroxylation sites is 2. The Morgan fingerprint density at radius 1 is 0.935 bits per heavy atom. The third-order valence-corrected chi connectivity index (χ3v) is 5.69. The molecule has 2 aromatic heterocycles. The van der Waals surface area contributed by atoms with Crippen molar-refractivity contribution in [2.75, 3.05) is 11.1 Å². The number of nitrogens with zero attached hydrogens (tertiary/aromatic N) is 1. The lowest BCUT2D eigenvalue weighted by Gasteiger charge is -2.11. The first-order valence-electron chi connectivity index (χ1n) is 9.97. The predicted octanol–water partition coefficient (Wildman–Crippen LogP) is 7.60. The number of nitrogens with two attached hydrogens (primary N) is 1. The molecule has 31 heavy (non-hydrogen) atoms. The van der Waals surface area contributed by atoms with Crippen molar-refractivity contribution in [3.05, 3.63) is 94.7 Å². The Morgan fingerprint density at radius 2 is 1.61 bits per heavy atom. The number of aromatic amines is 1. The quantitative estimate of drug-likeness (QED) is 0.249. The first-order chi connectivity index (χ1) is 15.1. The van der Waals surface area contributed by atoms with Gasteiger partial charge in [0.2, 0.25) is 0 Å². The number of nitrogen functional groups attached to an aromatic ring is 1. The van der Waals surface area contributed by atoms with Crippen LogP contribution in [0, 0.1) is 0 Å². The van der Waals surface area contributed by atoms with Crippen LogP contribution in [0.2, 0.25) is 10.0 Å². The summed E-state index contributed by atoms with van der Waals surface area (Å²) < 4.78 is 0. The molecule has 4 nitrogen and oxygen atoms in total. The highest BCUT2D eigenvalue weighted by Gasteiger charge is 2.07. The summed E-state index contributed by atoms with van der Waals surface area (Å²) in [6.07, 6.45) is 4.94. The molecule has 0 bridgehead atoms. The zero-order valence-corrected chi connectivity index (χ0v) is 18.5. The second kappa shape index (κ2) is 9.29. The highest BCUT2D eigenvalue weighted by molar-refractivity contribution is 6.39. The minimum atomic E-state index is 0.387. The van der Waals surface area contributed by atoms with Crippen molar-refractivity contribution in [1.82, 2.24) is 9.97 Å². The van der Waals surface area contributed by atoms with Gasteiger partial charge in [0.15, 0.2) is 0 Å². The number of aryl methyl sites for hydroxylation is 1. The van der Waals surface area contributed by atoms with Crippen LogP contribution in [0.25, 0.3) is 21.8 Å². The van der Waals surface area contributed by atoms with E-state index in [9.17, 15) is 0 Å². The van der Waals surface area contributed by atoms with E-state index >= 15 is 0 Å². The fourth-order valence-corrected chi connectivity index (χ4v) is 3.93. The monoisotopic (exact) mass is 448 g/mol. The molecule has 4 N–H and O–H groups in total. The van der Waals surface area contributed by atoms with E-state index in [1.54, 1.807) is 18.3 Å². The average molecular weight is 449 g/mol. The van der Waals surface area contributed by atoms with Gasteiger partial charge in [0, 0.05) is 40.1 Å². The van der Waals surface area contributed by atoms with E-state index in [0.717, 1.165) is 28.7 Å². The van der Waals surface area contributed by atoms with E-state index in [1.807, 2.05) is 30.3 Å². The van der Waals surface area contributed by atoms with Gasteiger partial charge < -0.3 is 16.0 Å². The summed E-state index contributed by atoms with van der Waals surface area (Å²) in [6.45, 7) is 2.18. The van der Waals surface area contributed by atoms with Crippen molar-refractivity contribution in [3.63, 3.8) is 0 Å². The molecule has 0 spiro atoms. The maximum Gasteiger partial charge on any atom is 0.0722 e. The summed E-state index contributed by atoms with van der Waals surface area (Å²) in [5.41, 5.74) is 11.4. The molecule has 0 saturated heterocycles. The zero-order valence-electron chi connectivity index (χ0n) is 17.0. The molecule has 0 amide bonds. The Labute approximate surface area is 191 Å². The number of H-pyrrole nitrogens is 1. The lowest BCUT2D eigenvalue weighted by molar-refractivity contribution is 1.15. The van der Waals surface area contributed by atoms with Crippen molar-refractivity contribution in [1.29, 1.82) is 0 Å². The van der Waals surface area contributed by atoms with E-state index in [0.29, 0.717) is 15.7 Å². The molecule has 0 radical (unpaired) electrons. The molecular weight excluding hydrogens is 427 g/mol. The molecule has 6 heteroatoms. The average Bonchev–Trinajstić information content (AvgIpc) is 3.21. The van der Waals surface area contributed by atoms with Gasteiger partial charge >= 0.3 is 0 Å². The number of anilines is 3. The molecule has 0 fully saturated rings. The second-order valence-corrected chi connectivity index (χ2v) is 7.88. The molecule has 0 unspecified atom stereocenters. The Hall–Kier alpha value is -3.21. The Balaban J connectivity index is 0.000000177. The summed E-state index contributed by atoms with van der Waals surface area (Å²) in [4.78, 5) is 7.56. The number of halogens is 2. The molecule has 2 heterocycles. The lowest BCUT2D eigenvalue weighted by Crippen LogP contribution is -1.95. The predicted molar refractivity (Wildman–Crippen MR) is 134 cm³/mol. The highest BCUT2D eigenvalue weighted by Crippen LogP contribution is 2.33. The molecule has 156 valence electrons. The van der Waals surface area contributed by atoms with Crippen LogP contribution in [0.1, 0.15) is 12.5 Å². The fraction of sp³-hybridized carbons (Fsp3) is 0.0800. The molecule has 0 aliphatic rings. The zero-order chi connectivity index (χ0) is 21.8. The third kappa shape index (κ3) is 4.61. The second-order valence-electron chi connectivity index (χ2n) is 7.07. The lowest BCUT2D eigenvalue weighted by atomic mass is 10.1. The summed E-state index contributed by atoms with van der Waals surface area (Å²) in [7, 11) is 0. The number of pyridine rings is 1. The van der Waals surface area contributed by atoms with Crippen molar-refractivity contribution in [2.24, 2.45) is 0 Å². The first kappa shape index (κ1) is 21.0. The summed E-state index contributed by atoms with van der Waals surface area (Å²) in [5.74, 6) is 0. The molecule has 0 aliphatic heterocycles. The highest BCUT2D eigenvalue weighted by atomic mass is 35.5. The normalized spacial score (nSPS) is 10.7. The number of hydrogen-bond acceptors (Lipinski definition) is 3. The van der Waals surface area contributed by atoms with Crippen molar-refractivity contribution in [3.8, 4) is 0 Å². The largest absolute Gasteiger partial charge is 0.396 e. The standard InChI is InChI=1S/C15H11Cl2N3.C10H11N/c16-11-7-9(8-12(17)15(11)18)20-14-5-6-19-13-4-2-1-3-10(13)14;1-2-8-7-11-10-6-4-3-5-9(8)10/h1-8H,18H2,(H,19,20);3-7,11H,2H2,1H3. The van der Waals surface area contributed by atoms with Crippen molar-refractivity contribution in [2.45, 2.75) is 13.3 Å². The summed E-state index contributed by atoms with van der Waals surface area (Å²) >= 11 is 12.1. The van der Waals surface area contributed by atoms with E-state index in [1.165, 1.54) is 16.5 Å². The van der Waals surface area contributed by atoms with Gasteiger partial charge in [-0.15, -0.1) is 0 Å². The van der Waals surface area contributed by atoms with Gasteiger partial charge in [-0.2, -0.15) is 0 Å². The van der Waals surface area contributed by atoms with Gasteiger partial charge in [-0.05, 0) is 42.3 Å². The van der Waals surface area contributed by atoms with Gasteiger partial charge in [-0.3, -0.25) is 4.98 Å². The van der Waals surface area contributed by atoms with E-state index in [-0.39, 0.29) is 0 Å². The molecule has 0 saturated carbocycles. The third-order valence-electron chi connectivity index (χ3n) is 5.06. The maximum atomic E-state index is 6.04. The van der Waals surface area contributed by atoms with Crippen LogP contribution in [0.3, 0.4) is 0 Å². The van der Waals surface area contributed by atoms with Crippen molar-refractivity contribution < 1.29 is 0 Å². The van der Waals surface area contributed by atoms with Crippen LogP contribution in [-0.4, -0.2) is 9.97 Å². The van der Waals surface area contributed by atoms with Gasteiger partial charge in [0.25, 0.3) is 0 Å². The smallest absolute Gasteiger partial charge is 0.0722 e. The Bertz CT molecular complexity index is 1320. The summed E-state index contributed by atoms with van der Waals surface area (Å²) in [5, 5.41) is 6.53. The van der Waals surface area contributed by atoms with Crippen molar-refractivity contribution >= 4 is 62.1 Å². The number of benzene rings is 3. The van der Waals surface area contributed by atoms with E-state index in [4.69, 9.17) is 28.9 Å². The molecule has 3 aromatic carbocycles. The topological polar surface area (TPSA) is 66.7 Å². The number of nitrogens with one attached hydrogen (secondary N) is 2. The SMILES string of the molecule is CCc1c[nH]c2ccccc12.Nc1c(Cl)cc(Nc2ccnc3ccccc23)cc1Cl. The van der Waals surface area contributed by atoms with Crippen LogP contribution in [0.4, 0.5) is 17.1 Å². The van der Waals surface area contributed by atoms with Gasteiger partial charge in [0.1, 0.15) is 0 Å². The number of rotatable bonds is 3. The van der Waals surface area contributed by atoms with Crippen LogP contribution in [0.15, 0.2) is 79.1 Å². The summed E-state index contributed by atoms with van der Waals surface area (Å²) in [6, 6.07) is 21.7. The number of aromatic nitrogens is 2. The van der Waals surface area contributed by atoms with E-state index < -0.39 is 0 Å². The molecule has 0 atom stereocenters. The minimum absolute atomic E-state index is 0.387. The Morgan fingerprint density at radius 3 is 2.35 bits per heavy atom. The maximum absolute atomic E-state index is 6.04.